The van der Waals surface area contributed by atoms with E-state index in [1.54, 1.807) is 13.2 Å². The number of hydrogen-bond donors (Lipinski definition) is 0. The molecule has 0 spiro atoms. The minimum Gasteiger partial charge on any atom is -0.497 e. The molecule has 0 N–H and O–H groups in total. The quantitative estimate of drug-likeness (QED) is 0.773. The summed E-state index contributed by atoms with van der Waals surface area (Å²) in [6, 6.07) is 14.9. The number of sulfonamides is 1. The van der Waals surface area contributed by atoms with E-state index in [0.717, 1.165) is 22.4 Å². The van der Waals surface area contributed by atoms with Crippen molar-refractivity contribution in [2.45, 2.75) is 24.8 Å². The van der Waals surface area contributed by atoms with E-state index < -0.39 is 16.1 Å². The topological polar surface area (TPSA) is 73.6 Å². The summed E-state index contributed by atoms with van der Waals surface area (Å²) in [7, 11) is -1.93. The van der Waals surface area contributed by atoms with Gasteiger partial charge in [0, 0.05) is 26.2 Å². The van der Waals surface area contributed by atoms with Crippen molar-refractivity contribution < 1.29 is 13.2 Å². The molecule has 1 fully saturated rings. The molecule has 148 valence electrons. The number of hydrogen-bond acceptors (Lipinski definition) is 5. The van der Waals surface area contributed by atoms with Gasteiger partial charge in [-0.25, -0.2) is 8.42 Å². The maximum Gasteiger partial charge on any atom is 0.243 e. The fourth-order valence-electron chi connectivity index (χ4n) is 3.48. The summed E-state index contributed by atoms with van der Waals surface area (Å²) in [6.45, 7) is 5.46. The largest absolute Gasteiger partial charge is 0.497 e. The molecule has 0 aliphatic carbocycles. The molecule has 2 aromatic rings. The van der Waals surface area contributed by atoms with E-state index in [2.05, 4.69) is 6.07 Å². The molecule has 1 aliphatic rings. The average Bonchev–Trinajstić information content (AvgIpc) is 2.71. The van der Waals surface area contributed by atoms with Crippen molar-refractivity contribution in [1.29, 1.82) is 5.26 Å². The zero-order valence-corrected chi connectivity index (χ0v) is 17.2. The molecule has 0 radical (unpaired) electrons. The molecule has 1 aliphatic heterocycles. The van der Waals surface area contributed by atoms with Crippen LogP contribution in [-0.4, -0.2) is 50.9 Å². The van der Waals surface area contributed by atoms with Crippen molar-refractivity contribution in [2.75, 3.05) is 33.3 Å². The highest BCUT2D eigenvalue weighted by Crippen LogP contribution is 2.27. The first kappa shape index (κ1) is 20.3. The Kier molecular flexibility index (Phi) is 6.04. The van der Waals surface area contributed by atoms with Gasteiger partial charge in [-0.2, -0.15) is 9.57 Å². The molecule has 7 heteroatoms. The van der Waals surface area contributed by atoms with E-state index in [4.69, 9.17) is 4.74 Å². The van der Waals surface area contributed by atoms with Crippen LogP contribution < -0.4 is 4.74 Å². The Morgan fingerprint density at radius 2 is 1.68 bits per heavy atom. The van der Waals surface area contributed by atoms with Crippen molar-refractivity contribution in [3.05, 3.63) is 59.2 Å². The van der Waals surface area contributed by atoms with Crippen LogP contribution in [0.15, 0.2) is 47.4 Å². The lowest BCUT2D eigenvalue weighted by Gasteiger charge is -2.36. The summed E-state index contributed by atoms with van der Waals surface area (Å²) in [4.78, 5) is 2.39. The molecule has 0 aromatic heterocycles. The van der Waals surface area contributed by atoms with Gasteiger partial charge in [-0.1, -0.05) is 24.3 Å². The lowest BCUT2D eigenvalue weighted by molar-refractivity contribution is 0.162. The molecular formula is C21H25N3O3S. The first-order valence-corrected chi connectivity index (χ1v) is 10.7. The maximum atomic E-state index is 13.1. The first-order chi connectivity index (χ1) is 13.4. The third-order valence-electron chi connectivity index (χ3n) is 5.15. The van der Waals surface area contributed by atoms with Crippen molar-refractivity contribution in [3.63, 3.8) is 0 Å². The number of ether oxygens (including phenoxy) is 1. The Balaban J connectivity index is 1.74. The highest BCUT2D eigenvalue weighted by Gasteiger charge is 2.32. The second-order valence-electron chi connectivity index (χ2n) is 7.01. The van der Waals surface area contributed by atoms with Crippen LogP contribution in [0.25, 0.3) is 0 Å². The summed E-state index contributed by atoms with van der Waals surface area (Å²) in [6.07, 6.45) is 0. The lowest BCUT2D eigenvalue weighted by atomic mass is 10.1. The van der Waals surface area contributed by atoms with Gasteiger partial charge in [-0.05, 0) is 48.7 Å². The fraction of sp³-hybridized carbons (Fsp3) is 0.381. The van der Waals surface area contributed by atoms with E-state index in [1.165, 1.54) is 4.31 Å². The Morgan fingerprint density at radius 3 is 2.25 bits per heavy atom. The molecule has 2 aromatic carbocycles. The summed E-state index contributed by atoms with van der Waals surface area (Å²) < 4.78 is 32.8. The molecule has 1 saturated heterocycles. The van der Waals surface area contributed by atoms with Crippen LogP contribution in [0.3, 0.4) is 0 Å². The molecule has 3 rings (SSSR count). The first-order valence-electron chi connectivity index (χ1n) is 9.22. The number of rotatable bonds is 5. The summed E-state index contributed by atoms with van der Waals surface area (Å²) >= 11 is 0. The Hall–Kier alpha value is -2.40. The number of methoxy groups -OCH3 is 1. The van der Waals surface area contributed by atoms with Crippen LogP contribution in [0.4, 0.5) is 0 Å². The molecule has 0 amide bonds. The predicted octanol–water partition coefficient (Wildman–Crippen LogP) is 2.88. The lowest BCUT2D eigenvalue weighted by Crippen LogP contribution is -2.49. The highest BCUT2D eigenvalue weighted by molar-refractivity contribution is 7.89. The average molecular weight is 400 g/mol. The van der Waals surface area contributed by atoms with E-state index in [1.807, 2.05) is 55.1 Å². The van der Waals surface area contributed by atoms with Crippen LogP contribution in [0, 0.1) is 25.2 Å². The summed E-state index contributed by atoms with van der Waals surface area (Å²) in [5, 5.41) is 9.67. The third-order valence-corrected chi connectivity index (χ3v) is 7.19. The van der Waals surface area contributed by atoms with Crippen LogP contribution in [0.1, 0.15) is 22.7 Å². The molecule has 6 nitrogen and oxygen atoms in total. The molecule has 1 unspecified atom stereocenters. The van der Waals surface area contributed by atoms with Crippen molar-refractivity contribution in [3.8, 4) is 11.8 Å². The molecule has 28 heavy (non-hydrogen) atoms. The van der Waals surface area contributed by atoms with Crippen LogP contribution in [0.2, 0.25) is 0 Å². The van der Waals surface area contributed by atoms with Gasteiger partial charge in [0.1, 0.15) is 11.8 Å². The number of piperazine rings is 1. The summed E-state index contributed by atoms with van der Waals surface area (Å²) in [5.41, 5.74) is 2.56. The fourth-order valence-corrected chi connectivity index (χ4v) is 5.21. The van der Waals surface area contributed by atoms with Gasteiger partial charge in [0.2, 0.25) is 10.0 Å². The number of benzene rings is 2. The van der Waals surface area contributed by atoms with E-state index in [9.17, 15) is 13.7 Å². The number of nitrogens with zero attached hydrogens (tertiary/aromatic N) is 3. The molecule has 0 saturated carbocycles. The standard InChI is InChI=1S/C21H25N3O3S/c1-16-4-5-17(2)21(14-16)28(25,26)24-12-10-23(11-13-24)20(15-22)18-6-8-19(27-3)9-7-18/h4-9,14,20H,10-13H2,1-3H3. The molecule has 0 bridgehead atoms. The van der Waals surface area contributed by atoms with Gasteiger partial charge in [0.05, 0.1) is 18.1 Å². The second-order valence-corrected chi connectivity index (χ2v) is 8.92. The van der Waals surface area contributed by atoms with Crippen molar-refractivity contribution >= 4 is 10.0 Å². The summed E-state index contributed by atoms with van der Waals surface area (Å²) in [5.74, 6) is 0.741. The zero-order valence-electron chi connectivity index (χ0n) is 16.4. The molecular weight excluding hydrogens is 374 g/mol. The predicted molar refractivity (Wildman–Crippen MR) is 108 cm³/mol. The minimum absolute atomic E-state index is 0.365. The van der Waals surface area contributed by atoms with Crippen LogP contribution >= 0.6 is 0 Å². The Labute approximate surface area is 167 Å². The Morgan fingerprint density at radius 1 is 1.04 bits per heavy atom. The number of aryl methyl sites for hydroxylation is 2. The van der Waals surface area contributed by atoms with Crippen molar-refractivity contribution in [2.24, 2.45) is 0 Å². The van der Waals surface area contributed by atoms with Crippen LogP contribution in [-0.2, 0) is 10.0 Å². The monoisotopic (exact) mass is 399 g/mol. The van der Waals surface area contributed by atoms with Crippen molar-refractivity contribution in [1.82, 2.24) is 9.21 Å². The Bertz CT molecular complexity index is 973. The third kappa shape index (κ3) is 4.04. The highest BCUT2D eigenvalue weighted by atomic mass is 32.2. The van der Waals surface area contributed by atoms with E-state index in [-0.39, 0.29) is 0 Å². The zero-order chi connectivity index (χ0) is 20.3. The maximum absolute atomic E-state index is 13.1. The van der Waals surface area contributed by atoms with E-state index >= 15 is 0 Å². The smallest absolute Gasteiger partial charge is 0.243 e. The molecule has 1 heterocycles. The SMILES string of the molecule is COc1ccc(C(C#N)N2CCN(S(=O)(=O)c3cc(C)ccc3C)CC2)cc1. The van der Waals surface area contributed by atoms with E-state index in [0.29, 0.717) is 31.1 Å². The van der Waals surface area contributed by atoms with Crippen LogP contribution in [0.5, 0.6) is 5.75 Å². The van der Waals surface area contributed by atoms with Gasteiger partial charge in [0.25, 0.3) is 0 Å². The van der Waals surface area contributed by atoms with Gasteiger partial charge in [-0.15, -0.1) is 0 Å². The number of nitriles is 1. The normalized spacial score (nSPS) is 17.1. The minimum atomic E-state index is -3.54. The second kappa shape index (κ2) is 8.31. The molecule has 1 atom stereocenters. The van der Waals surface area contributed by atoms with Gasteiger partial charge in [-0.3, -0.25) is 4.90 Å². The van der Waals surface area contributed by atoms with Gasteiger partial charge in [0.15, 0.2) is 0 Å². The van der Waals surface area contributed by atoms with Gasteiger partial charge >= 0.3 is 0 Å². The van der Waals surface area contributed by atoms with Gasteiger partial charge < -0.3 is 4.74 Å².